The number of anilines is 1. The lowest BCUT2D eigenvalue weighted by Gasteiger charge is -2.12. The van der Waals surface area contributed by atoms with E-state index >= 15 is 0 Å². The van der Waals surface area contributed by atoms with Gasteiger partial charge in [0.05, 0.1) is 10.7 Å². The van der Waals surface area contributed by atoms with Gasteiger partial charge in [-0.25, -0.2) is 10.8 Å². The van der Waals surface area contributed by atoms with Crippen LogP contribution in [0.15, 0.2) is 30.3 Å². The molecule has 0 aliphatic rings. The van der Waals surface area contributed by atoms with Gasteiger partial charge in [-0.05, 0) is 43.2 Å². The molecular weight excluding hydrogens is 262 g/mol. The minimum atomic E-state index is 0.304. The largest absolute Gasteiger partial charge is 0.487 e. The third-order valence-electron chi connectivity index (χ3n) is 2.99. The highest BCUT2D eigenvalue weighted by molar-refractivity contribution is 6.31. The first-order valence-corrected chi connectivity index (χ1v) is 6.30. The Kier molecular flexibility index (Phi) is 4.24. The zero-order valence-electron chi connectivity index (χ0n) is 10.9. The Bertz CT molecular complexity index is 587. The molecule has 4 nitrogen and oxygen atoms in total. The minimum absolute atomic E-state index is 0.304. The van der Waals surface area contributed by atoms with Crippen molar-refractivity contribution in [1.82, 2.24) is 4.98 Å². The van der Waals surface area contributed by atoms with Crippen LogP contribution in [0.3, 0.4) is 0 Å². The number of benzene rings is 1. The molecule has 0 aliphatic carbocycles. The molecule has 0 saturated heterocycles. The van der Waals surface area contributed by atoms with Crippen molar-refractivity contribution in [3.05, 3.63) is 52.2 Å². The van der Waals surface area contributed by atoms with E-state index < -0.39 is 0 Å². The van der Waals surface area contributed by atoms with Gasteiger partial charge in [-0.1, -0.05) is 23.7 Å². The van der Waals surface area contributed by atoms with Crippen LogP contribution >= 0.6 is 11.6 Å². The number of nitrogens with two attached hydrogens (primary N) is 1. The molecule has 0 radical (unpaired) electrons. The molecule has 1 aromatic heterocycles. The predicted molar refractivity (Wildman–Crippen MR) is 77.3 cm³/mol. The van der Waals surface area contributed by atoms with Crippen LogP contribution in [-0.4, -0.2) is 4.98 Å². The molecular formula is C14H16ClN3O. The molecule has 19 heavy (non-hydrogen) atoms. The van der Waals surface area contributed by atoms with Gasteiger partial charge in [0.15, 0.2) is 0 Å². The van der Waals surface area contributed by atoms with Crippen LogP contribution in [0, 0.1) is 13.8 Å². The molecule has 3 N–H and O–H groups in total. The number of aromatic nitrogens is 1. The van der Waals surface area contributed by atoms with Crippen LogP contribution < -0.4 is 16.0 Å². The SMILES string of the molecule is Cc1cccc(OCc2nc(NN)ccc2Cl)c1C. The zero-order chi connectivity index (χ0) is 13.8. The lowest BCUT2D eigenvalue weighted by molar-refractivity contribution is 0.299. The van der Waals surface area contributed by atoms with Crippen molar-refractivity contribution in [1.29, 1.82) is 0 Å². The number of nitrogens with zero attached hydrogens (tertiary/aromatic N) is 1. The van der Waals surface area contributed by atoms with Gasteiger partial charge in [0, 0.05) is 0 Å². The number of aryl methyl sites for hydroxylation is 1. The second-order valence-corrected chi connectivity index (χ2v) is 4.66. The number of ether oxygens (including phenoxy) is 1. The molecule has 0 fully saturated rings. The van der Waals surface area contributed by atoms with Crippen LogP contribution in [0.1, 0.15) is 16.8 Å². The van der Waals surface area contributed by atoms with E-state index in [4.69, 9.17) is 22.2 Å². The van der Waals surface area contributed by atoms with E-state index in [9.17, 15) is 0 Å². The molecule has 0 aliphatic heterocycles. The first kappa shape index (κ1) is 13.6. The molecule has 0 unspecified atom stereocenters. The van der Waals surface area contributed by atoms with Crippen LogP contribution in [-0.2, 0) is 6.61 Å². The van der Waals surface area contributed by atoms with E-state index in [1.165, 1.54) is 5.56 Å². The van der Waals surface area contributed by atoms with E-state index in [-0.39, 0.29) is 0 Å². The van der Waals surface area contributed by atoms with E-state index in [1.54, 1.807) is 12.1 Å². The first-order valence-electron chi connectivity index (χ1n) is 5.93. The number of nitrogens with one attached hydrogen (secondary N) is 1. The lowest BCUT2D eigenvalue weighted by Crippen LogP contribution is -2.10. The molecule has 100 valence electrons. The molecule has 0 spiro atoms. The Balaban J connectivity index is 2.16. The zero-order valence-corrected chi connectivity index (χ0v) is 11.7. The average Bonchev–Trinajstić information content (AvgIpc) is 2.42. The molecule has 1 aromatic carbocycles. The molecule has 2 aromatic rings. The summed E-state index contributed by atoms with van der Waals surface area (Å²) in [6.45, 7) is 4.38. The Morgan fingerprint density at radius 1 is 1.26 bits per heavy atom. The van der Waals surface area contributed by atoms with E-state index in [0.29, 0.717) is 23.1 Å². The summed E-state index contributed by atoms with van der Waals surface area (Å²) in [4.78, 5) is 4.26. The fourth-order valence-electron chi connectivity index (χ4n) is 1.69. The number of pyridine rings is 1. The van der Waals surface area contributed by atoms with Gasteiger partial charge in [0.25, 0.3) is 0 Å². The number of hydrazine groups is 1. The van der Waals surface area contributed by atoms with Gasteiger partial charge in [-0.15, -0.1) is 0 Å². The fourth-order valence-corrected chi connectivity index (χ4v) is 1.85. The molecule has 5 heteroatoms. The summed E-state index contributed by atoms with van der Waals surface area (Å²) in [6.07, 6.45) is 0. The van der Waals surface area contributed by atoms with E-state index in [0.717, 1.165) is 11.3 Å². The van der Waals surface area contributed by atoms with E-state index in [2.05, 4.69) is 10.4 Å². The number of hydrogen-bond donors (Lipinski definition) is 2. The second kappa shape index (κ2) is 5.91. The van der Waals surface area contributed by atoms with Crippen LogP contribution in [0.5, 0.6) is 5.75 Å². The van der Waals surface area contributed by atoms with Crippen molar-refractivity contribution in [2.75, 3.05) is 5.43 Å². The highest BCUT2D eigenvalue weighted by Gasteiger charge is 2.07. The predicted octanol–water partition coefficient (Wildman–Crippen LogP) is 3.22. The van der Waals surface area contributed by atoms with Crippen LogP contribution in [0.4, 0.5) is 5.82 Å². The molecule has 0 atom stereocenters. The maximum Gasteiger partial charge on any atom is 0.140 e. The molecule has 1 heterocycles. The topological polar surface area (TPSA) is 60.2 Å². The summed E-state index contributed by atoms with van der Waals surface area (Å²) < 4.78 is 5.77. The number of hydrogen-bond acceptors (Lipinski definition) is 4. The normalized spacial score (nSPS) is 10.3. The van der Waals surface area contributed by atoms with Crippen molar-refractivity contribution < 1.29 is 4.74 Å². The van der Waals surface area contributed by atoms with Crippen molar-refractivity contribution in [2.24, 2.45) is 5.84 Å². The van der Waals surface area contributed by atoms with Crippen molar-refractivity contribution in [3.8, 4) is 5.75 Å². The molecule has 2 rings (SSSR count). The smallest absolute Gasteiger partial charge is 0.140 e. The van der Waals surface area contributed by atoms with Crippen molar-refractivity contribution in [2.45, 2.75) is 20.5 Å². The fraction of sp³-hybridized carbons (Fsp3) is 0.214. The Morgan fingerprint density at radius 3 is 2.79 bits per heavy atom. The standard InChI is InChI=1S/C14H16ClN3O/c1-9-4-3-5-13(10(9)2)19-8-12-11(15)6-7-14(17-12)18-16/h3-7H,8,16H2,1-2H3,(H,17,18). The molecule has 0 saturated carbocycles. The third kappa shape index (κ3) is 3.16. The number of halogens is 1. The van der Waals surface area contributed by atoms with Gasteiger partial charge in [0.1, 0.15) is 18.2 Å². The Hall–Kier alpha value is -1.78. The van der Waals surface area contributed by atoms with Crippen LogP contribution in [0.2, 0.25) is 5.02 Å². The maximum atomic E-state index is 6.08. The Morgan fingerprint density at radius 2 is 2.05 bits per heavy atom. The monoisotopic (exact) mass is 277 g/mol. The van der Waals surface area contributed by atoms with Gasteiger partial charge in [-0.3, -0.25) is 0 Å². The summed E-state index contributed by atoms with van der Waals surface area (Å²) >= 11 is 6.08. The average molecular weight is 278 g/mol. The summed E-state index contributed by atoms with van der Waals surface area (Å²) in [5, 5.41) is 0.560. The minimum Gasteiger partial charge on any atom is -0.487 e. The van der Waals surface area contributed by atoms with Crippen LogP contribution in [0.25, 0.3) is 0 Å². The van der Waals surface area contributed by atoms with Gasteiger partial charge < -0.3 is 10.2 Å². The lowest BCUT2D eigenvalue weighted by atomic mass is 10.1. The summed E-state index contributed by atoms with van der Waals surface area (Å²) in [5.74, 6) is 6.72. The summed E-state index contributed by atoms with van der Waals surface area (Å²) in [5.41, 5.74) is 5.45. The summed E-state index contributed by atoms with van der Waals surface area (Å²) in [6, 6.07) is 9.40. The van der Waals surface area contributed by atoms with E-state index in [1.807, 2.05) is 32.0 Å². The number of rotatable bonds is 4. The Labute approximate surface area is 117 Å². The summed E-state index contributed by atoms with van der Waals surface area (Å²) in [7, 11) is 0. The highest BCUT2D eigenvalue weighted by atomic mass is 35.5. The quantitative estimate of drug-likeness (QED) is 0.665. The van der Waals surface area contributed by atoms with Gasteiger partial charge >= 0.3 is 0 Å². The molecule has 0 bridgehead atoms. The van der Waals surface area contributed by atoms with Crippen molar-refractivity contribution >= 4 is 17.4 Å². The highest BCUT2D eigenvalue weighted by Crippen LogP contribution is 2.23. The third-order valence-corrected chi connectivity index (χ3v) is 3.33. The second-order valence-electron chi connectivity index (χ2n) is 4.26. The van der Waals surface area contributed by atoms with Gasteiger partial charge in [0.2, 0.25) is 0 Å². The number of nitrogen functional groups attached to an aromatic ring is 1. The molecule has 0 amide bonds. The van der Waals surface area contributed by atoms with Gasteiger partial charge in [-0.2, -0.15) is 0 Å². The van der Waals surface area contributed by atoms with Crippen molar-refractivity contribution in [3.63, 3.8) is 0 Å². The first-order chi connectivity index (χ1) is 9.11. The maximum absolute atomic E-state index is 6.08.